The molecule has 2 saturated carbocycles. The Balaban J connectivity index is 1.57. The van der Waals surface area contributed by atoms with Crippen LogP contribution < -0.4 is 0 Å². The van der Waals surface area contributed by atoms with Gasteiger partial charge in [-0.25, -0.2) is 0 Å². The fourth-order valence-electron chi connectivity index (χ4n) is 3.27. The summed E-state index contributed by atoms with van der Waals surface area (Å²) < 4.78 is 11.0. The molecule has 3 rings (SSSR count). The number of carbonyl (C=O) groups excluding carboxylic acids is 1. The lowest BCUT2D eigenvalue weighted by Crippen LogP contribution is -2.31. The zero-order valence-electron chi connectivity index (χ0n) is 10.7. The molecule has 1 unspecified atom stereocenters. The van der Waals surface area contributed by atoms with Gasteiger partial charge in [0, 0.05) is 6.61 Å². The number of esters is 1. The van der Waals surface area contributed by atoms with Crippen LogP contribution in [0.1, 0.15) is 51.9 Å². The molecule has 96 valence electrons. The lowest BCUT2D eigenvalue weighted by atomic mass is 9.84. The van der Waals surface area contributed by atoms with Gasteiger partial charge in [0.1, 0.15) is 0 Å². The van der Waals surface area contributed by atoms with E-state index in [2.05, 4.69) is 0 Å². The van der Waals surface area contributed by atoms with Gasteiger partial charge in [-0.2, -0.15) is 0 Å². The highest BCUT2D eigenvalue weighted by Gasteiger charge is 2.55. The Morgan fingerprint density at radius 2 is 2.12 bits per heavy atom. The van der Waals surface area contributed by atoms with Crippen molar-refractivity contribution >= 4 is 5.97 Å². The van der Waals surface area contributed by atoms with E-state index >= 15 is 0 Å². The molecule has 1 atom stereocenters. The van der Waals surface area contributed by atoms with Crippen LogP contribution in [0.4, 0.5) is 0 Å². The van der Waals surface area contributed by atoms with Gasteiger partial charge >= 0.3 is 5.97 Å². The Kier molecular flexibility index (Phi) is 2.69. The van der Waals surface area contributed by atoms with Gasteiger partial charge in [0.15, 0.2) is 0 Å². The molecule has 0 aromatic carbocycles. The van der Waals surface area contributed by atoms with Crippen LogP contribution in [0.2, 0.25) is 0 Å². The van der Waals surface area contributed by atoms with Gasteiger partial charge in [-0.3, -0.25) is 4.79 Å². The molecular formula is C14H22O3. The summed E-state index contributed by atoms with van der Waals surface area (Å²) in [7, 11) is 0. The van der Waals surface area contributed by atoms with E-state index in [1.807, 2.05) is 6.92 Å². The van der Waals surface area contributed by atoms with E-state index in [9.17, 15) is 4.79 Å². The lowest BCUT2D eigenvalue weighted by molar-refractivity contribution is -0.151. The average molecular weight is 238 g/mol. The normalized spacial score (nSPS) is 32.2. The predicted octanol–water partition coefficient (Wildman–Crippen LogP) is 2.68. The Hall–Kier alpha value is -0.570. The summed E-state index contributed by atoms with van der Waals surface area (Å²) in [5.74, 6) is 0.731. The van der Waals surface area contributed by atoms with Crippen molar-refractivity contribution in [2.45, 2.75) is 57.5 Å². The average Bonchev–Trinajstić information content (AvgIpc) is 3.20. The quantitative estimate of drug-likeness (QED) is 0.706. The third-order valence-electron chi connectivity index (χ3n) is 4.64. The van der Waals surface area contributed by atoms with Gasteiger partial charge < -0.3 is 9.47 Å². The van der Waals surface area contributed by atoms with Gasteiger partial charge in [-0.05, 0) is 57.8 Å². The van der Waals surface area contributed by atoms with E-state index in [4.69, 9.17) is 9.47 Å². The van der Waals surface area contributed by atoms with Crippen LogP contribution >= 0.6 is 0 Å². The van der Waals surface area contributed by atoms with Crippen LogP contribution in [0.5, 0.6) is 0 Å². The van der Waals surface area contributed by atoms with Crippen molar-refractivity contribution in [1.29, 1.82) is 0 Å². The van der Waals surface area contributed by atoms with Gasteiger partial charge in [-0.15, -0.1) is 0 Å². The Morgan fingerprint density at radius 3 is 2.71 bits per heavy atom. The third kappa shape index (κ3) is 2.22. The van der Waals surface area contributed by atoms with E-state index in [0.717, 1.165) is 32.3 Å². The molecule has 17 heavy (non-hydrogen) atoms. The Bertz CT molecular complexity index is 315. The largest absolute Gasteiger partial charge is 0.466 e. The summed E-state index contributed by atoms with van der Waals surface area (Å²) in [6.45, 7) is 3.30. The lowest BCUT2D eigenvalue weighted by Gasteiger charge is -2.31. The van der Waals surface area contributed by atoms with Crippen molar-refractivity contribution in [3.63, 3.8) is 0 Å². The minimum atomic E-state index is -0.103. The predicted molar refractivity (Wildman–Crippen MR) is 63.6 cm³/mol. The molecule has 3 heteroatoms. The molecule has 1 heterocycles. The van der Waals surface area contributed by atoms with Crippen molar-refractivity contribution in [3.8, 4) is 0 Å². The van der Waals surface area contributed by atoms with Crippen LogP contribution in [0.25, 0.3) is 0 Å². The standard InChI is InChI=1S/C14H22O3/c1-2-16-12(15)13(4-5-13)9-11-3-8-17-14(10-11)6-7-14/h11H,2-10H2,1H3. The van der Waals surface area contributed by atoms with Crippen LogP contribution in [0.15, 0.2) is 0 Å². The molecule has 0 amide bonds. The van der Waals surface area contributed by atoms with E-state index < -0.39 is 0 Å². The van der Waals surface area contributed by atoms with Crippen LogP contribution in [-0.4, -0.2) is 24.8 Å². The number of rotatable bonds is 4. The maximum absolute atomic E-state index is 11.9. The van der Waals surface area contributed by atoms with Gasteiger partial charge in [0.05, 0.1) is 17.6 Å². The van der Waals surface area contributed by atoms with E-state index in [0.29, 0.717) is 12.5 Å². The topological polar surface area (TPSA) is 35.5 Å². The second-order valence-electron chi connectivity index (χ2n) is 6.10. The molecule has 1 spiro atoms. The first-order valence-corrected chi connectivity index (χ1v) is 6.99. The fourth-order valence-corrected chi connectivity index (χ4v) is 3.27. The molecule has 0 aromatic heterocycles. The first kappa shape index (κ1) is 11.5. The number of carbonyl (C=O) groups is 1. The summed E-state index contributed by atoms with van der Waals surface area (Å²) in [5, 5.41) is 0. The molecule has 2 aliphatic carbocycles. The molecule has 3 aliphatic rings. The molecule has 3 nitrogen and oxygen atoms in total. The van der Waals surface area contributed by atoms with Crippen LogP contribution in [0.3, 0.4) is 0 Å². The number of ether oxygens (including phenoxy) is 2. The second-order valence-corrected chi connectivity index (χ2v) is 6.10. The van der Waals surface area contributed by atoms with Crippen molar-refractivity contribution in [2.24, 2.45) is 11.3 Å². The second kappa shape index (κ2) is 3.98. The highest BCUT2D eigenvalue weighted by atomic mass is 16.5. The summed E-state index contributed by atoms with van der Waals surface area (Å²) in [6, 6.07) is 0. The van der Waals surface area contributed by atoms with Crippen LogP contribution in [0, 0.1) is 11.3 Å². The fraction of sp³-hybridized carbons (Fsp3) is 0.929. The first-order chi connectivity index (χ1) is 8.18. The summed E-state index contributed by atoms with van der Waals surface area (Å²) in [4.78, 5) is 11.9. The van der Waals surface area contributed by atoms with Crippen molar-refractivity contribution in [3.05, 3.63) is 0 Å². The maximum atomic E-state index is 11.9. The van der Waals surface area contributed by atoms with E-state index in [1.165, 1.54) is 19.3 Å². The summed E-state index contributed by atoms with van der Waals surface area (Å²) in [6.07, 6.45) is 7.88. The minimum absolute atomic E-state index is 0.0522. The maximum Gasteiger partial charge on any atom is 0.312 e. The zero-order valence-corrected chi connectivity index (χ0v) is 10.7. The highest BCUT2D eigenvalue weighted by Crippen LogP contribution is 2.56. The third-order valence-corrected chi connectivity index (χ3v) is 4.64. The van der Waals surface area contributed by atoms with Gasteiger partial charge in [0.2, 0.25) is 0 Å². The van der Waals surface area contributed by atoms with Crippen LogP contribution in [-0.2, 0) is 14.3 Å². The Morgan fingerprint density at radius 1 is 1.35 bits per heavy atom. The minimum Gasteiger partial charge on any atom is -0.466 e. The number of hydrogen-bond donors (Lipinski definition) is 0. The smallest absolute Gasteiger partial charge is 0.312 e. The van der Waals surface area contributed by atoms with Gasteiger partial charge in [0.25, 0.3) is 0 Å². The SMILES string of the molecule is CCOC(=O)C1(CC2CCOC3(CC3)C2)CC1. The highest BCUT2D eigenvalue weighted by molar-refractivity contribution is 5.79. The molecular weight excluding hydrogens is 216 g/mol. The van der Waals surface area contributed by atoms with E-state index in [1.54, 1.807) is 0 Å². The summed E-state index contributed by atoms with van der Waals surface area (Å²) in [5.41, 5.74) is 0.127. The molecule has 3 fully saturated rings. The van der Waals surface area contributed by atoms with E-state index in [-0.39, 0.29) is 17.0 Å². The first-order valence-electron chi connectivity index (χ1n) is 6.99. The van der Waals surface area contributed by atoms with Crippen molar-refractivity contribution in [1.82, 2.24) is 0 Å². The number of hydrogen-bond acceptors (Lipinski definition) is 3. The Labute approximate surface area is 103 Å². The van der Waals surface area contributed by atoms with Crippen molar-refractivity contribution < 1.29 is 14.3 Å². The molecule has 0 N–H and O–H groups in total. The zero-order chi connectivity index (χ0) is 11.9. The molecule has 0 aromatic rings. The monoisotopic (exact) mass is 238 g/mol. The molecule has 1 aliphatic heterocycles. The molecule has 0 radical (unpaired) electrons. The van der Waals surface area contributed by atoms with Gasteiger partial charge in [-0.1, -0.05) is 0 Å². The summed E-state index contributed by atoms with van der Waals surface area (Å²) >= 11 is 0. The van der Waals surface area contributed by atoms with Crippen molar-refractivity contribution in [2.75, 3.05) is 13.2 Å². The molecule has 0 bridgehead atoms. The molecule has 1 saturated heterocycles.